The van der Waals surface area contributed by atoms with Crippen LogP contribution in [0.25, 0.3) is 0 Å². The van der Waals surface area contributed by atoms with Crippen molar-refractivity contribution in [2.75, 3.05) is 23.9 Å². The third-order valence-corrected chi connectivity index (χ3v) is 3.21. The third-order valence-electron chi connectivity index (χ3n) is 2.44. The van der Waals surface area contributed by atoms with E-state index in [0.29, 0.717) is 22.8 Å². The number of rotatable bonds is 6. The monoisotopic (exact) mass is 305 g/mol. The molecule has 5 nitrogen and oxygen atoms in total. The van der Waals surface area contributed by atoms with Crippen LogP contribution in [0.5, 0.6) is 0 Å². The number of hydrogen-bond acceptors (Lipinski definition) is 4. The van der Waals surface area contributed by atoms with E-state index < -0.39 is 17.0 Å². The number of carbonyl (C=O) groups excluding carboxylic acids is 1. The van der Waals surface area contributed by atoms with Crippen molar-refractivity contribution in [3.8, 4) is 0 Å². The van der Waals surface area contributed by atoms with E-state index in [1.807, 2.05) is 6.92 Å². The van der Waals surface area contributed by atoms with Crippen LogP contribution < -0.4 is 4.90 Å². The Labute approximate surface area is 119 Å². The zero-order valence-electron chi connectivity index (χ0n) is 10.8. The largest absolute Gasteiger partial charge is 0.462 e. The highest BCUT2D eigenvalue weighted by Crippen LogP contribution is 2.26. The zero-order valence-corrected chi connectivity index (χ0v) is 12.3. The molecule has 106 valence electrons. The molecule has 1 N–H and O–H groups in total. The Morgan fingerprint density at radius 1 is 1.47 bits per heavy atom. The summed E-state index contributed by atoms with van der Waals surface area (Å²) in [6.07, 6.45) is 0. The highest BCUT2D eigenvalue weighted by atomic mass is 35.5. The smallest absolute Gasteiger partial charge is 0.340 e. The number of hydrogen-bond donors (Lipinski definition) is 1. The molecule has 0 fully saturated rings. The molecule has 0 bridgehead atoms. The molecule has 1 atom stereocenters. The number of halogens is 1. The molecule has 0 amide bonds. The summed E-state index contributed by atoms with van der Waals surface area (Å²) < 4.78 is 24.9. The van der Waals surface area contributed by atoms with Gasteiger partial charge in [-0.15, -0.1) is 0 Å². The molecule has 0 aliphatic carbocycles. The summed E-state index contributed by atoms with van der Waals surface area (Å²) in [6.45, 7) is 4.27. The van der Waals surface area contributed by atoms with Crippen molar-refractivity contribution in [3.63, 3.8) is 0 Å². The van der Waals surface area contributed by atoms with Crippen molar-refractivity contribution in [3.05, 3.63) is 28.8 Å². The molecule has 0 saturated heterocycles. The minimum atomic E-state index is -2.00. The van der Waals surface area contributed by atoms with E-state index in [4.69, 9.17) is 20.9 Å². The predicted molar refractivity (Wildman–Crippen MR) is 76.1 cm³/mol. The fraction of sp³-hybridized carbons (Fsp3) is 0.417. The number of ether oxygens (including phenoxy) is 1. The van der Waals surface area contributed by atoms with Crippen LogP contribution >= 0.6 is 11.6 Å². The number of nitrogens with zero attached hydrogens (tertiary/aromatic N) is 1. The normalized spacial score (nSPS) is 12.0. The molecule has 1 rings (SSSR count). The molecule has 0 saturated carbocycles. The van der Waals surface area contributed by atoms with Crippen molar-refractivity contribution in [1.29, 1.82) is 0 Å². The topological polar surface area (TPSA) is 66.8 Å². The summed E-state index contributed by atoms with van der Waals surface area (Å²) in [5, 5.41) is 0.449. The van der Waals surface area contributed by atoms with Crippen LogP contribution in [0.2, 0.25) is 5.02 Å². The van der Waals surface area contributed by atoms with E-state index in [2.05, 4.69) is 0 Å². The lowest BCUT2D eigenvalue weighted by molar-refractivity contribution is 0.0527. The van der Waals surface area contributed by atoms with Gasteiger partial charge in [0, 0.05) is 11.6 Å². The second-order valence-corrected chi connectivity index (χ2v) is 5.03. The molecule has 0 aliphatic rings. The maximum atomic E-state index is 11.9. The Hall–Kier alpha value is -1.11. The SMILES string of the molecule is CCOC(=O)c1ccc(Cl)cc1N(CC)CS(=O)O. The maximum Gasteiger partial charge on any atom is 0.340 e. The maximum absolute atomic E-state index is 11.9. The number of anilines is 1. The van der Waals surface area contributed by atoms with E-state index in [1.54, 1.807) is 30.0 Å². The third kappa shape index (κ3) is 4.49. The van der Waals surface area contributed by atoms with Crippen LogP contribution in [0.15, 0.2) is 18.2 Å². The number of carbonyl (C=O) groups is 1. The Balaban J connectivity index is 3.18. The average molecular weight is 306 g/mol. The van der Waals surface area contributed by atoms with Crippen LogP contribution in [0.1, 0.15) is 24.2 Å². The molecule has 19 heavy (non-hydrogen) atoms. The minimum Gasteiger partial charge on any atom is -0.462 e. The van der Waals surface area contributed by atoms with Gasteiger partial charge in [0.25, 0.3) is 0 Å². The standard InChI is InChI=1S/C12H16ClNO4S/c1-3-14(8-19(16)17)11-7-9(13)5-6-10(11)12(15)18-4-2/h5-7H,3-4,8H2,1-2H3,(H,16,17). The summed E-state index contributed by atoms with van der Waals surface area (Å²) >= 11 is 3.92. The average Bonchev–Trinajstić information content (AvgIpc) is 2.35. The summed E-state index contributed by atoms with van der Waals surface area (Å²) in [7, 11) is 0. The van der Waals surface area contributed by atoms with Crippen molar-refractivity contribution in [1.82, 2.24) is 0 Å². The first-order valence-electron chi connectivity index (χ1n) is 5.78. The van der Waals surface area contributed by atoms with Crippen LogP contribution in [0.4, 0.5) is 5.69 Å². The van der Waals surface area contributed by atoms with Gasteiger partial charge in [-0.1, -0.05) is 11.6 Å². The van der Waals surface area contributed by atoms with E-state index in [1.165, 1.54) is 0 Å². The molecule has 0 aromatic heterocycles. The van der Waals surface area contributed by atoms with Crippen LogP contribution in [0, 0.1) is 0 Å². The van der Waals surface area contributed by atoms with Gasteiger partial charge in [-0.25, -0.2) is 9.00 Å². The molecule has 0 spiro atoms. The van der Waals surface area contributed by atoms with Gasteiger partial charge in [-0.2, -0.15) is 0 Å². The van der Waals surface area contributed by atoms with Gasteiger partial charge in [-0.3, -0.25) is 0 Å². The fourth-order valence-electron chi connectivity index (χ4n) is 1.61. The van der Waals surface area contributed by atoms with Gasteiger partial charge in [0.1, 0.15) is 5.88 Å². The van der Waals surface area contributed by atoms with E-state index in [9.17, 15) is 9.00 Å². The van der Waals surface area contributed by atoms with Gasteiger partial charge in [0.2, 0.25) is 0 Å². The Bertz CT molecular complexity index is 481. The zero-order chi connectivity index (χ0) is 14.4. The quantitative estimate of drug-likeness (QED) is 0.646. The molecule has 0 heterocycles. The lowest BCUT2D eigenvalue weighted by atomic mass is 10.1. The molecule has 7 heteroatoms. The van der Waals surface area contributed by atoms with Gasteiger partial charge in [0.15, 0.2) is 11.1 Å². The highest BCUT2D eigenvalue weighted by molar-refractivity contribution is 7.79. The first-order chi connectivity index (χ1) is 8.99. The van der Waals surface area contributed by atoms with Crippen molar-refractivity contribution < 1.29 is 18.3 Å². The van der Waals surface area contributed by atoms with Crippen molar-refractivity contribution >= 4 is 34.3 Å². The highest BCUT2D eigenvalue weighted by Gasteiger charge is 2.18. The fourth-order valence-corrected chi connectivity index (χ4v) is 2.37. The van der Waals surface area contributed by atoms with Crippen molar-refractivity contribution in [2.24, 2.45) is 0 Å². The van der Waals surface area contributed by atoms with Crippen LogP contribution in [-0.4, -0.2) is 33.8 Å². The molecular formula is C12H16ClNO4S. The minimum absolute atomic E-state index is 0.0940. The van der Waals surface area contributed by atoms with Gasteiger partial charge < -0.3 is 14.2 Å². The molecule has 0 radical (unpaired) electrons. The van der Waals surface area contributed by atoms with Crippen LogP contribution in [-0.2, 0) is 15.8 Å². The van der Waals surface area contributed by atoms with Gasteiger partial charge in [0.05, 0.1) is 17.9 Å². The first-order valence-corrected chi connectivity index (χ1v) is 7.44. The molecular weight excluding hydrogens is 290 g/mol. The van der Waals surface area contributed by atoms with E-state index >= 15 is 0 Å². The predicted octanol–water partition coefficient (Wildman–Crippen LogP) is 2.52. The summed E-state index contributed by atoms with van der Waals surface area (Å²) in [4.78, 5) is 13.5. The molecule has 0 aliphatic heterocycles. The van der Waals surface area contributed by atoms with E-state index in [-0.39, 0.29) is 12.5 Å². The lowest BCUT2D eigenvalue weighted by Crippen LogP contribution is -2.28. The summed E-state index contributed by atoms with van der Waals surface area (Å²) in [6, 6.07) is 4.73. The molecule has 1 aromatic rings. The van der Waals surface area contributed by atoms with Gasteiger partial charge >= 0.3 is 5.97 Å². The lowest BCUT2D eigenvalue weighted by Gasteiger charge is -2.23. The van der Waals surface area contributed by atoms with Crippen molar-refractivity contribution in [2.45, 2.75) is 13.8 Å². The second kappa shape index (κ2) is 7.47. The Morgan fingerprint density at radius 3 is 2.68 bits per heavy atom. The first kappa shape index (κ1) is 15.9. The second-order valence-electron chi connectivity index (χ2n) is 3.69. The number of esters is 1. The number of benzene rings is 1. The summed E-state index contributed by atoms with van der Waals surface area (Å²) in [5.41, 5.74) is 0.828. The Morgan fingerprint density at radius 2 is 2.16 bits per heavy atom. The van der Waals surface area contributed by atoms with Crippen LogP contribution in [0.3, 0.4) is 0 Å². The Kier molecular flexibility index (Phi) is 6.27. The molecule has 1 aromatic carbocycles. The van der Waals surface area contributed by atoms with Gasteiger partial charge in [-0.05, 0) is 32.0 Å². The summed E-state index contributed by atoms with van der Waals surface area (Å²) in [5.74, 6) is -0.570. The van der Waals surface area contributed by atoms with E-state index in [0.717, 1.165) is 0 Å². The molecule has 1 unspecified atom stereocenters.